The summed E-state index contributed by atoms with van der Waals surface area (Å²) in [7, 11) is 0. The molecule has 0 N–H and O–H groups in total. The van der Waals surface area contributed by atoms with Gasteiger partial charge in [-0.3, -0.25) is 15.0 Å². The first kappa shape index (κ1) is 11.5. The summed E-state index contributed by atoms with van der Waals surface area (Å²) in [6.07, 6.45) is 3.57. The predicted molar refractivity (Wildman–Crippen MR) is 75.4 cm³/mol. The van der Waals surface area contributed by atoms with E-state index in [4.69, 9.17) is 0 Å². The Kier molecular flexibility index (Phi) is 3.02. The van der Waals surface area contributed by atoms with Crippen LogP contribution in [0.15, 0.2) is 60.9 Å². The molecule has 3 rings (SSSR count). The summed E-state index contributed by atoms with van der Waals surface area (Å²) in [5.41, 5.74) is 4.73. The van der Waals surface area contributed by atoms with Crippen LogP contribution in [0.2, 0.25) is 0 Å². The summed E-state index contributed by atoms with van der Waals surface area (Å²) in [6.45, 7) is 1.98. The summed E-state index contributed by atoms with van der Waals surface area (Å²) in [4.78, 5) is 13.3. The molecule has 3 heterocycles. The van der Waals surface area contributed by atoms with Crippen molar-refractivity contribution < 1.29 is 0 Å². The van der Waals surface area contributed by atoms with E-state index in [9.17, 15) is 0 Å². The number of pyridine rings is 3. The number of nitrogens with zero attached hydrogens (tertiary/aromatic N) is 3. The maximum Gasteiger partial charge on any atom is 0.0896 e. The molecule has 0 unspecified atom stereocenters. The summed E-state index contributed by atoms with van der Waals surface area (Å²) >= 11 is 0. The Balaban J connectivity index is 2.12. The van der Waals surface area contributed by atoms with Gasteiger partial charge in [-0.2, -0.15) is 0 Å². The molecule has 0 aliphatic rings. The zero-order valence-electron chi connectivity index (χ0n) is 10.6. The zero-order valence-corrected chi connectivity index (χ0v) is 10.6. The molecular weight excluding hydrogens is 234 g/mol. The molecule has 0 aliphatic heterocycles. The van der Waals surface area contributed by atoms with Crippen LogP contribution in [0.3, 0.4) is 0 Å². The molecule has 0 radical (unpaired) electrons. The second-order valence-electron chi connectivity index (χ2n) is 4.31. The molecule has 0 saturated carbocycles. The second-order valence-corrected chi connectivity index (χ2v) is 4.31. The van der Waals surface area contributed by atoms with E-state index in [0.29, 0.717) is 0 Å². The van der Waals surface area contributed by atoms with Gasteiger partial charge in [0.1, 0.15) is 0 Å². The predicted octanol–water partition coefficient (Wildman–Crippen LogP) is 3.51. The summed E-state index contributed by atoms with van der Waals surface area (Å²) in [5.74, 6) is 0. The van der Waals surface area contributed by atoms with Gasteiger partial charge in [-0.25, -0.2) is 0 Å². The molecule has 3 nitrogen and oxygen atoms in total. The van der Waals surface area contributed by atoms with Gasteiger partial charge in [0.05, 0.1) is 17.1 Å². The van der Waals surface area contributed by atoms with Gasteiger partial charge < -0.3 is 0 Å². The van der Waals surface area contributed by atoms with Crippen molar-refractivity contribution in [2.45, 2.75) is 6.92 Å². The average molecular weight is 247 g/mol. The van der Waals surface area contributed by atoms with Crippen molar-refractivity contribution in [2.75, 3.05) is 0 Å². The van der Waals surface area contributed by atoms with E-state index in [0.717, 1.165) is 28.3 Å². The molecule has 92 valence electrons. The SMILES string of the molecule is Cc1cc(-c2ccccn2)cc(-c2ccccn2)n1. The highest BCUT2D eigenvalue weighted by molar-refractivity contribution is 5.66. The molecule has 0 amide bonds. The molecule has 0 saturated heterocycles. The topological polar surface area (TPSA) is 38.7 Å². The summed E-state index contributed by atoms with van der Waals surface area (Å²) in [6, 6.07) is 15.8. The third kappa shape index (κ3) is 2.50. The Hall–Kier alpha value is -2.55. The van der Waals surface area contributed by atoms with Crippen molar-refractivity contribution in [1.82, 2.24) is 15.0 Å². The van der Waals surface area contributed by atoms with Gasteiger partial charge in [-0.1, -0.05) is 12.1 Å². The fraction of sp³-hybridized carbons (Fsp3) is 0.0625. The molecular formula is C16H13N3. The first-order valence-corrected chi connectivity index (χ1v) is 6.14. The van der Waals surface area contributed by atoms with Crippen LogP contribution in [-0.2, 0) is 0 Å². The lowest BCUT2D eigenvalue weighted by Crippen LogP contribution is -1.92. The van der Waals surface area contributed by atoms with Crippen LogP contribution in [0, 0.1) is 6.92 Å². The van der Waals surface area contributed by atoms with Crippen molar-refractivity contribution in [3.8, 4) is 22.6 Å². The van der Waals surface area contributed by atoms with Crippen LogP contribution >= 0.6 is 0 Å². The fourth-order valence-corrected chi connectivity index (χ4v) is 2.00. The Morgan fingerprint density at radius 1 is 0.737 bits per heavy atom. The smallest absolute Gasteiger partial charge is 0.0896 e. The number of hydrogen-bond donors (Lipinski definition) is 0. The van der Waals surface area contributed by atoms with E-state index >= 15 is 0 Å². The van der Waals surface area contributed by atoms with E-state index < -0.39 is 0 Å². The first-order valence-electron chi connectivity index (χ1n) is 6.14. The summed E-state index contributed by atoms with van der Waals surface area (Å²) in [5, 5.41) is 0. The highest BCUT2D eigenvalue weighted by Crippen LogP contribution is 2.23. The monoisotopic (exact) mass is 247 g/mol. The molecule has 0 aliphatic carbocycles. The van der Waals surface area contributed by atoms with E-state index in [2.05, 4.69) is 15.0 Å². The zero-order chi connectivity index (χ0) is 13.1. The van der Waals surface area contributed by atoms with E-state index in [-0.39, 0.29) is 0 Å². The van der Waals surface area contributed by atoms with Crippen molar-refractivity contribution in [2.24, 2.45) is 0 Å². The average Bonchev–Trinajstić information content (AvgIpc) is 2.48. The van der Waals surface area contributed by atoms with Crippen LogP contribution in [0.25, 0.3) is 22.6 Å². The molecule has 0 atom stereocenters. The quantitative estimate of drug-likeness (QED) is 0.695. The lowest BCUT2D eigenvalue weighted by atomic mass is 10.1. The molecule has 3 aromatic rings. The van der Waals surface area contributed by atoms with Crippen LogP contribution < -0.4 is 0 Å². The Bertz CT molecular complexity index is 621. The standard InChI is InChI=1S/C16H13N3/c1-12-10-13(14-6-2-4-8-17-14)11-16(19-12)15-7-3-5-9-18-15/h2-11H,1H3. The third-order valence-corrected chi connectivity index (χ3v) is 2.84. The largest absolute Gasteiger partial charge is 0.256 e. The Labute approximate surface area is 112 Å². The van der Waals surface area contributed by atoms with Gasteiger partial charge in [0, 0.05) is 23.7 Å². The van der Waals surface area contributed by atoms with Crippen LogP contribution in [0.4, 0.5) is 0 Å². The number of hydrogen-bond acceptors (Lipinski definition) is 3. The highest BCUT2D eigenvalue weighted by Gasteiger charge is 2.06. The number of aryl methyl sites for hydroxylation is 1. The molecule has 3 aromatic heterocycles. The first-order chi connectivity index (χ1) is 9.33. The maximum atomic E-state index is 4.54. The van der Waals surface area contributed by atoms with E-state index in [1.807, 2.05) is 55.5 Å². The lowest BCUT2D eigenvalue weighted by Gasteiger charge is -2.06. The van der Waals surface area contributed by atoms with Crippen molar-refractivity contribution in [3.05, 3.63) is 66.6 Å². The van der Waals surface area contributed by atoms with Gasteiger partial charge in [0.2, 0.25) is 0 Å². The second kappa shape index (κ2) is 4.98. The minimum atomic E-state index is 0.876. The number of rotatable bonds is 2. The van der Waals surface area contributed by atoms with E-state index in [1.54, 1.807) is 12.4 Å². The van der Waals surface area contributed by atoms with Gasteiger partial charge in [0.15, 0.2) is 0 Å². The fourth-order valence-electron chi connectivity index (χ4n) is 2.00. The minimum Gasteiger partial charge on any atom is -0.256 e. The van der Waals surface area contributed by atoms with Crippen molar-refractivity contribution in [1.29, 1.82) is 0 Å². The molecule has 19 heavy (non-hydrogen) atoms. The van der Waals surface area contributed by atoms with Crippen molar-refractivity contribution >= 4 is 0 Å². The Morgan fingerprint density at radius 2 is 1.42 bits per heavy atom. The van der Waals surface area contributed by atoms with Crippen LogP contribution in [-0.4, -0.2) is 15.0 Å². The minimum absolute atomic E-state index is 0.876. The molecule has 0 fully saturated rings. The molecule has 0 bridgehead atoms. The highest BCUT2D eigenvalue weighted by atomic mass is 14.8. The van der Waals surface area contributed by atoms with Gasteiger partial charge in [-0.15, -0.1) is 0 Å². The Morgan fingerprint density at radius 3 is 2.05 bits per heavy atom. The lowest BCUT2D eigenvalue weighted by molar-refractivity contribution is 1.17. The van der Waals surface area contributed by atoms with Crippen LogP contribution in [0.1, 0.15) is 5.69 Å². The van der Waals surface area contributed by atoms with Crippen LogP contribution in [0.5, 0.6) is 0 Å². The molecule has 0 aromatic carbocycles. The van der Waals surface area contributed by atoms with Gasteiger partial charge >= 0.3 is 0 Å². The molecule has 0 spiro atoms. The van der Waals surface area contributed by atoms with Crippen molar-refractivity contribution in [3.63, 3.8) is 0 Å². The third-order valence-electron chi connectivity index (χ3n) is 2.84. The van der Waals surface area contributed by atoms with Gasteiger partial charge in [0.25, 0.3) is 0 Å². The van der Waals surface area contributed by atoms with E-state index in [1.165, 1.54) is 0 Å². The maximum absolute atomic E-state index is 4.54. The van der Waals surface area contributed by atoms with Gasteiger partial charge in [-0.05, 0) is 43.3 Å². The normalized spacial score (nSPS) is 10.4. The number of aromatic nitrogens is 3. The molecule has 3 heteroatoms. The summed E-state index contributed by atoms with van der Waals surface area (Å²) < 4.78 is 0.